The molecule has 0 N–H and O–H groups in total. The van der Waals surface area contributed by atoms with Crippen molar-refractivity contribution >= 4 is 15.9 Å². The maximum absolute atomic E-state index is 5.23. The monoisotopic (exact) mass is 224 g/mol. The van der Waals surface area contributed by atoms with Gasteiger partial charge in [-0.1, -0.05) is 22.0 Å². The lowest BCUT2D eigenvalue weighted by molar-refractivity contribution is 0.410. The molecule has 0 spiro atoms. The molecule has 62 valence electrons. The molecular formula is C10H9BrO. The molecule has 0 aliphatic heterocycles. The lowest BCUT2D eigenvalue weighted by Gasteiger charge is -2.06. The maximum atomic E-state index is 5.23. The van der Waals surface area contributed by atoms with E-state index in [1.165, 1.54) is 0 Å². The zero-order valence-corrected chi connectivity index (χ0v) is 8.39. The Hall–Kier alpha value is -0.940. The van der Waals surface area contributed by atoms with E-state index in [2.05, 4.69) is 21.9 Å². The van der Waals surface area contributed by atoms with E-state index < -0.39 is 0 Å². The van der Waals surface area contributed by atoms with Crippen LogP contribution in [0.25, 0.3) is 0 Å². The molecule has 0 amide bonds. The van der Waals surface area contributed by atoms with Gasteiger partial charge in [0.15, 0.2) is 0 Å². The van der Waals surface area contributed by atoms with Gasteiger partial charge in [-0.2, -0.15) is 0 Å². The minimum Gasteiger partial charge on any atom is -0.496 e. The molecule has 0 heterocycles. The Morgan fingerprint density at radius 1 is 1.58 bits per heavy atom. The number of hydrogen-bond donors (Lipinski definition) is 0. The average molecular weight is 225 g/mol. The Morgan fingerprint density at radius 3 is 2.92 bits per heavy atom. The highest BCUT2D eigenvalue weighted by Gasteiger charge is 2.04. The van der Waals surface area contributed by atoms with Crippen LogP contribution in [0.3, 0.4) is 0 Å². The molecule has 0 aromatic heterocycles. The molecule has 1 nitrogen and oxygen atoms in total. The smallest absolute Gasteiger partial charge is 0.124 e. The van der Waals surface area contributed by atoms with Gasteiger partial charge in [0.05, 0.1) is 7.11 Å². The first-order chi connectivity index (χ1) is 5.79. The van der Waals surface area contributed by atoms with E-state index >= 15 is 0 Å². The highest BCUT2D eigenvalue weighted by molar-refractivity contribution is 9.10. The molecule has 0 fully saturated rings. The van der Waals surface area contributed by atoms with Crippen molar-refractivity contribution in [3.63, 3.8) is 0 Å². The van der Waals surface area contributed by atoms with Crippen LogP contribution in [0, 0.1) is 12.3 Å². The predicted octanol–water partition coefficient (Wildman–Crippen LogP) is 2.63. The zero-order valence-electron chi connectivity index (χ0n) is 6.80. The van der Waals surface area contributed by atoms with Gasteiger partial charge in [-0.3, -0.25) is 0 Å². The molecule has 0 saturated carbocycles. The highest BCUT2D eigenvalue weighted by atomic mass is 79.9. The molecule has 12 heavy (non-hydrogen) atoms. The summed E-state index contributed by atoms with van der Waals surface area (Å²) in [6, 6.07) is 5.77. The average Bonchev–Trinajstić information content (AvgIpc) is 2.09. The second-order valence-electron chi connectivity index (χ2n) is 2.30. The van der Waals surface area contributed by atoms with Crippen LogP contribution in [0.4, 0.5) is 0 Å². The van der Waals surface area contributed by atoms with Crippen LogP contribution < -0.4 is 4.74 Å². The van der Waals surface area contributed by atoms with Crippen LogP contribution in [0.2, 0.25) is 0 Å². The predicted molar refractivity (Wildman–Crippen MR) is 53.2 cm³/mol. The molecule has 1 aromatic rings. The molecular weight excluding hydrogens is 216 g/mol. The third kappa shape index (κ3) is 1.80. The van der Waals surface area contributed by atoms with Crippen LogP contribution in [0.1, 0.15) is 5.56 Å². The summed E-state index contributed by atoms with van der Waals surface area (Å²) < 4.78 is 6.15. The molecule has 0 atom stereocenters. The van der Waals surface area contributed by atoms with Crippen LogP contribution in [0.5, 0.6) is 5.75 Å². The second kappa shape index (κ2) is 4.18. The van der Waals surface area contributed by atoms with Crippen molar-refractivity contribution in [1.82, 2.24) is 0 Å². The van der Waals surface area contributed by atoms with Crippen molar-refractivity contribution in [2.75, 3.05) is 7.11 Å². The fourth-order valence-electron chi connectivity index (χ4n) is 1.00. The summed E-state index contributed by atoms with van der Waals surface area (Å²) in [4.78, 5) is 0. The Labute approximate surface area is 80.9 Å². The summed E-state index contributed by atoms with van der Waals surface area (Å²) in [6.07, 6.45) is 5.81. The first-order valence-corrected chi connectivity index (χ1v) is 4.33. The van der Waals surface area contributed by atoms with E-state index in [4.69, 9.17) is 11.2 Å². The van der Waals surface area contributed by atoms with E-state index in [-0.39, 0.29) is 0 Å². The van der Waals surface area contributed by atoms with E-state index in [0.29, 0.717) is 6.42 Å². The number of benzene rings is 1. The third-order valence-corrected chi connectivity index (χ3v) is 2.32. The first kappa shape index (κ1) is 9.15. The molecule has 0 saturated heterocycles. The topological polar surface area (TPSA) is 9.23 Å². The van der Waals surface area contributed by atoms with Crippen molar-refractivity contribution in [3.8, 4) is 18.1 Å². The number of terminal acetylenes is 1. The fraction of sp³-hybridized carbons (Fsp3) is 0.200. The number of hydrogen-bond acceptors (Lipinski definition) is 1. The summed E-state index contributed by atoms with van der Waals surface area (Å²) in [5, 5.41) is 0. The van der Waals surface area contributed by atoms with Crippen molar-refractivity contribution in [3.05, 3.63) is 28.2 Å². The largest absolute Gasteiger partial charge is 0.496 e. The van der Waals surface area contributed by atoms with Gasteiger partial charge in [0, 0.05) is 16.5 Å². The standard InChI is InChI=1S/C10H9BrO/c1-3-5-8-9(11)6-4-7-10(8)12-2/h1,4,6-7H,5H2,2H3. The van der Waals surface area contributed by atoms with Gasteiger partial charge >= 0.3 is 0 Å². The summed E-state index contributed by atoms with van der Waals surface area (Å²) in [5.74, 6) is 3.43. The summed E-state index contributed by atoms with van der Waals surface area (Å²) in [5.41, 5.74) is 1.03. The second-order valence-corrected chi connectivity index (χ2v) is 3.16. The Kier molecular flexibility index (Phi) is 3.19. The number of ether oxygens (including phenoxy) is 1. The van der Waals surface area contributed by atoms with E-state index in [1.54, 1.807) is 7.11 Å². The zero-order chi connectivity index (χ0) is 8.97. The van der Waals surface area contributed by atoms with Crippen molar-refractivity contribution < 1.29 is 4.74 Å². The molecule has 0 aliphatic carbocycles. The van der Waals surface area contributed by atoms with Crippen molar-refractivity contribution in [2.24, 2.45) is 0 Å². The minimum atomic E-state index is 0.588. The summed E-state index contributed by atoms with van der Waals surface area (Å²) in [6.45, 7) is 0. The van der Waals surface area contributed by atoms with Crippen molar-refractivity contribution in [2.45, 2.75) is 6.42 Å². The number of methoxy groups -OCH3 is 1. The van der Waals surface area contributed by atoms with Gasteiger partial charge in [-0.05, 0) is 12.1 Å². The summed E-state index contributed by atoms with van der Waals surface area (Å²) >= 11 is 3.41. The van der Waals surface area contributed by atoms with Gasteiger partial charge in [-0.15, -0.1) is 12.3 Å². The van der Waals surface area contributed by atoms with Crippen LogP contribution in [0.15, 0.2) is 22.7 Å². The van der Waals surface area contributed by atoms with Gasteiger partial charge in [0.25, 0.3) is 0 Å². The van der Waals surface area contributed by atoms with E-state index in [0.717, 1.165) is 15.8 Å². The van der Waals surface area contributed by atoms with Gasteiger partial charge in [-0.25, -0.2) is 0 Å². The molecule has 0 bridgehead atoms. The Balaban J connectivity index is 3.12. The van der Waals surface area contributed by atoms with Gasteiger partial charge in [0.2, 0.25) is 0 Å². The minimum absolute atomic E-state index is 0.588. The van der Waals surface area contributed by atoms with Crippen LogP contribution in [-0.2, 0) is 6.42 Å². The van der Waals surface area contributed by atoms with E-state index in [1.807, 2.05) is 18.2 Å². The lowest BCUT2D eigenvalue weighted by Crippen LogP contribution is -1.91. The highest BCUT2D eigenvalue weighted by Crippen LogP contribution is 2.26. The number of halogens is 1. The van der Waals surface area contributed by atoms with Crippen LogP contribution in [-0.4, -0.2) is 7.11 Å². The molecule has 0 unspecified atom stereocenters. The molecule has 1 aromatic carbocycles. The first-order valence-electron chi connectivity index (χ1n) is 3.54. The Morgan fingerprint density at radius 2 is 2.33 bits per heavy atom. The number of rotatable bonds is 2. The lowest BCUT2D eigenvalue weighted by atomic mass is 10.1. The van der Waals surface area contributed by atoms with E-state index in [9.17, 15) is 0 Å². The molecule has 1 rings (SSSR count). The van der Waals surface area contributed by atoms with Crippen molar-refractivity contribution in [1.29, 1.82) is 0 Å². The third-order valence-electron chi connectivity index (χ3n) is 1.57. The van der Waals surface area contributed by atoms with Gasteiger partial charge in [0.1, 0.15) is 5.75 Å². The van der Waals surface area contributed by atoms with Crippen LogP contribution >= 0.6 is 15.9 Å². The summed E-state index contributed by atoms with van der Waals surface area (Å²) in [7, 11) is 1.64. The fourth-order valence-corrected chi connectivity index (χ4v) is 1.49. The molecule has 0 radical (unpaired) electrons. The quantitative estimate of drug-likeness (QED) is 0.703. The normalized spacial score (nSPS) is 9.08. The van der Waals surface area contributed by atoms with Gasteiger partial charge < -0.3 is 4.74 Å². The SMILES string of the molecule is C#CCc1c(Br)cccc1OC. The maximum Gasteiger partial charge on any atom is 0.124 e. The Bertz CT molecular complexity index is 312. The molecule has 0 aliphatic rings. The molecule has 2 heteroatoms.